The molecule has 0 aromatic heterocycles. The topological polar surface area (TPSA) is 97.4 Å². The number of esters is 3. The van der Waals surface area contributed by atoms with E-state index in [9.17, 15) is 14.4 Å². The standard InChI is InChI=1S/C34H38O8.3CH4/c1-7-34(4,32(37)39-6)22-33(2,3)31(36)41-23-40-28-17-11-25(12-18-28)26-13-19-29(20-14-26)42-30(35)21-10-24-8-15-27(38-5)16-9-24;;;/h8-21H,7,22-23H2,1-6H3;3*1H4/b21-10+;;;. The number of benzene rings is 3. The van der Waals surface area contributed by atoms with Crippen LogP contribution >= 0.6 is 0 Å². The van der Waals surface area contributed by atoms with Crippen molar-refractivity contribution in [2.45, 2.75) is 62.8 Å². The van der Waals surface area contributed by atoms with Crippen molar-refractivity contribution in [1.82, 2.24) is 0 Å². The van der Waals surface area contributed by atoms with Crippen molar-refractivity contribution < 1.29 is 38.1 Å². The molecule has 246 valence electrons. The van der Waals surface area contributed by atoms with E-state index in [0.29, 0.717) is 17.9 Å². The molecule has 0 N–H and O–H groups in total. The maximum Gasteiger partial charge on any atom is 0.336 e. The lowest BCUT2D eigenvalue weighted by molar-refractivity contribution is -0.166. The average molecular weight is 623 g/mol. The van der Waals surface area contributed by atoms with Crippen LogP contribution in [0.25, 0.3) is 17.2 Å². The average Bonchev–Trinajstić information content (AvgIpc) is 3.00. The van der Waals surface area contributed by atoms with Crippen LogP contribution in [0.2, 0.25) is 0 Å². The van der Waals surface area contributed by atoms with Crippen LogP contribution in [-0.4, -0.2) is 38.9 Å². The minimum Gasteiger partial charge on any atom is -0.497 e. The lowest BCUT2D eigenvalue weighted by Gasteiger charge is -2.33. The number of carbonyl (C=O) groups is 3. The molecule has 0 aliphatic heterocycles. The van der Waals surface area contributed by atoms with E-state index in [1.54, 1.807) is 58.2 Å². The number of rotatable bonds is 13. The minimum absolute atomic E-state index is 0. The normalized spacial score (nSPS) is 11.9. The van der Waals surface area contributed by atoms with Gasteiger partial charge in [-0.15, -0.1) is 0 Å². The lowest BCUT2D eigenvalue weighted by Crippen LogP contribution is -2.38. The minimum atomic E-state index is -0.903. The van der Waals surface area contributed by atoms with E-state index < -0.39 is 22.8 Å². The Morgan fingerprint density at radius 3 is 1.71 bits per heavy atom. The summed E-state index contributed by atoms with van der Waals surface area (Å²) < 4.78 is 26.4. The summed E-state index contributed by atoms with van der Waals surface area (Å²) in [7, 11) is 2.94. The van der Waals surface area contributed by atoms with Crippen molar-refractivity contribution in [1.29, 1.82) is 0 Å². The molecule has 0 heterocycles. The van der Waals surface area contributed by atoms with Gasteiger partial charge in [-0.1, -0.05) is 65.6 Å². The number of hydrogen-bond donors (Lipinski definition) is 0. The molecule has 0 spiro atoms. The van der Waals surface area contributed by atoms with E-state index in [0.717, 1.165) is 22.4 Å². The summed E-state index contributed by atoms with van der Waals surface area (Å²) in [5, 5.41) is 0. The Labute approximate surface area is 269 Å². The van der Waals surface area contributed by atoms with E-state index in [1.807, 2.05) is 55.5 Å². The Morgan fingerprint density at radius 2 is 1.22 bits per heavy atom. The van der Waals surface area contributed by atoms with E-state index in [2.05, 4.69) is 0 Å². The fourth-order valence-corrected chi connectivity index (χ4v) is 4.47. The quantitative estimate of drug-likeness (QED) is 0.0808. The van der Waals surface area contributed by atoms with Gasteiger partial charge in [0.1, 0.15) is 17.2 Å². The Balaban J connectivity index is 0.00000645. The fourth-order valence-electron chi connectivity index (χ4n) is 4.47. The third-order valence-electron chi connectivity index (χ3n) is 7.05. The monoisotopic (exact) mass is 622 g/mol. The molecule has 0 saturated carbocycles. The summed E-state index contributed by atoms with van der Waals surface area (Å²) in [6.07, 6.45) is 3.87. The van der Waals surface area contributed by atoms with E-state index in [1.165, 1.54) is 13.2 Å². The molecule has 3 aromatic carbocycles. The molecule has 0 amide bonds. The highest BCUT2D eigenvalue weighted by Crippen LogP contribution is 2.38. The maximum atomic E-state index is 12.7. The van der Waals surface area contributed by atoms with Crippen molar-refractivity contribution in [3.8, 4) is 28.4 Å². The Bertz CT molecular complexity index is 1370. The third kappa shape index (κ3) is 11.4. The first-order chi connectivity index (χ1) is 20.0. The summed E-state index contributed by atoms with van der Waals surface area (Å²) in [4.78, 5) is 37.1. The first kappa shape index (κ1) is 40.4. The molecule has 8 nitrogen and oxygen atoms in total. The third-order valence-corrected chi connectivity index (χ3v) is 7.05. The molecule has 0 aliphatic carbocycles. The van der Waals surface area contributed by atoms with Gasteiger partial charge in [0, 0.05) is 6.08 Å². The lowest BCUT2D eigenvalue weighted by atomic mass is 9.72. The molecule has 0 saturated heterocycles. The second-order valence-corrected chi connectivity index (χ2v) is 10.7. The number of carbonyl (C=O) groups excluding carboxylic acids is 3. The van der Waals surface area contributed by atoms with Crippen LogP contribution in [0.4, 0.5) is 0 Å². The predicted octanol–water partition coefficient (Wildman–Crippen LogP) is 8.77. The molecule has 1 unspecified atom stereocenters. The number of hydrogen-bond acceptors (Lipinski definition) is 8. The van der Waals surface area contributed by atoms with Crippen LogP contribution in [-0.2, 0) is 23.9 Å². The van der Waals surface area contributed by atoms with Gasteiger partial charge in [-0.25, -0.2) is 4.79 Å². The van der Waals surface area contributed by atoms with Gasteiger partial charge in [0.25, 0.3) is 0 Å². The Kier molecular flexibility index (Phi) is 16.4. The smallest absolute Gasteiger partial charge is 0.336 e. The van der Waals surface area contributed by atoms with Gasteiger partial charge in [0.2, 0.25) is 6.79 Å². The van der Waals surface area contributed by atoms with Gasteiger partial charge in [-0.05, 0) is 92.8 Å². The summed E-state index contributed by atoms with van der Waals surface area (Å²) in [5.74, 6) is 0.416. The van der Waals surface area contributed by atoms with Crippen molar-refractivity contribution in [3.63, 3.8) is 0 Å². The van der Waals surface area contributed by atoms with Crippen LogP contribution in [0.3, 0.4) is 0 Å². The van der Waals surface area contributed by atoms with Gasteiger partial charge in [0.05, 0.1) is 25.0 Å². The Morgan fingerprint density at radius 1 is 0.711 bits per heavy atom. The van der Waals surface area contributed by atoms with E-state index in [-0.39, 0.29) is 41.5 Å². The SMILES string of the molecule is C.C.C.CCC(C)(CC(C)(C)C(=O)OCOc1ccc(-c2ccc(OC(=O)/C=C/c3ccc(OC)cc3)cc2)cc1)C(=O)OC. The zero-order valence-corrected chi connectivity index (χ0v) is 25.0. The maximum absolute atomic E-state index is 12.7. The second kappa shape index (κ2) is 18.3. The van der Waals surface area contributed by atoms with Crippen LogP contribution in [0, 0.1) is 10.8 Å². The molecular formula is C37H50O8. The molecule has 45 heavy (non-hydrogen) atoms. The first-order valence-electron chi connectivity index (χ1n) is 13.6. The van der Waals surface area contributed by atoms with Crippen LogP contribution in [0.5, 0.6) is 17.2 Å². The van der Waals surface area contributed by atoms with E-state index >= 15 is 0 Å². The van der Waals surface area contributed by atoms with Crippen LogP contribution in [0.15, 0.2) is 78.9 Å². The van der Waals surface area contributed by atoms with Gasteiger partial charge in [-0.3, -0.25) is 9.59 Å². The zero-order valence-electron chi connectivity index (χ0n) is 25.0. The fraction of sp³-hybridized carbons (Fsp3) is 0.378. The van der Waals surface area contributed by atoms with Crippen LogP contribution in [0.1, 0.15) is 68.4 Å². The zero-order chi connectivity index (χ0) is 30.8. The molecular weight excluding hydrogens is 572 g/mol. The van der Waals surface area contributed by atoms with Gasteiger partial charge in [-0.2, -0.15) is 0 Å². The summed E-state index contributed by atoms with van der Waals surface area (Å²) in [6, 6.07) is 21.8. The second-order valence-electron chi connectivity index (χ2n) is 10.7. The predicted molar refractivity (Wildman–Crippen MR) is 180 cm³/mol. The molecule has 0 fully saturated rings. The molecule has 3 aromatic rings. The highest BCUT2D eigenvalue weighted by Gasteiger charge is 2.42. The van der Waals surface area contributed by atoms with Crippen molar-refractivity contribution in [2.24, 2.45) is 10.8 Å². The summed E-state index contributed by atoms with van der Waals surface area (Å²) in [6.45, 7) is 6.90. The van der Waals surface area contributed by atoms with E-state index in [4.69, 9.17) is 23.7 Å². The molecule has 0 bridgehead atoms. The molecule has 8 heteroatoms. The van der Waals surface area contributed by atoms with Crippen molar-refractivity contribution in [3.05, 3.63) is 84.4 Å². The summed E-state index contributed by atoms with van der Waals surface area (Å²) in [5.41, 5.74) is 1.02. The van der Waals surface area contributed by atoms with Crippen molar-refractivity contribution >= 4 is 24.0 Å². The Hall–Kier alpha value is -4.59. The molecule has 1 atom stereocenters. The van der Waals surface area contributed by atoms with Crippen LogP contribution < -0.4 is 14.2 Å². The van der Waals surface area contributed by atoms with Crippen molar-refractivity contribution in [2.75, 3.05) is 21.0 Å². The first-order valence-corrected chi connectivity index (χ1v) is 13.6. The molecule has 0 aliphatic rings. The number of ether oxygens (including phenoxy) is 5. The molecule has 0 radical (unpaired) electrons. The largest absolute Gasteiger partial charge is 0.497 e. The van der Waals surface area contributed by atoms with Gasteiger partial charge in [0.15, 0.2) is 0 Å². The molecule has 3 rings (SSSR count). The van der Waals surface area contributed by atoms with Gasteiger partial charge < -0.3 is 23.7 Å². The number of methoxy groups -OCH3 is 2. The summed E-state index contributed by atoms with van der Waals surface area (Å²) >= 11 is 0. The highest BCUT2D eigenvalue weighted by atomic mass is 16.7. The van der Waals surface area contributed by atoms with Gasteiger partial charge >= 0.3 is 17.9 Å². The highest BCUT2D eigenvalue weighted by molar-refractivity contribution is 5.88.